The minimum atomic E-state index is -0.349. The molecule has 0 aliphatic heterocycles. The van der Waals surface area contributed by atoms with Gasteiger partial charge in [-0.05, 0) is 24.3 Å². The fourth-order valence-corrected chi connectivity index (χ4v) is 1.80. The zero-order valence-electron chi connectivity index (χ0n) is 9.59. The molecular formula is C12H8ClN5O. The molecule has 2 aromatic heterocycles. The van der Waals surface area contributed by atoms with Gasteiger partial charge in [0.2, 0.25) is 0 Å². The molecule has 94 valence electrons. The highest BCUT2D eigenvalue weighted by Crippen LogP contribution is 2.21. The van der Waals surface area contributed by atoms with Crippen molar-refractivity contribution in [3.63, 3.8) is 0 Å². The van der Waals surface area contributed by atoms with E-state index in [2.05, 4.69) is 25.7 Å². The molecule has 19 heavy (non-hydrogen) atoms. The summed E-state index contributed by atoms with van der Waals surface area (Å²) in [5, 5.41) is 18.0. The third kappa shape index (κ3) is 2.25. The summed E-state index contributed by atoms with van der Waals surface area (Å²) in [7, 11) is 0. The zero-order valence-corrected chi connectivity index (χ0v) is 10.3. The summed E-state index contributed by atoms with van der Waals surface area (Å²) in [4.78, 5) is 12.0. The van der Waals surface area contributed by atoms with Gasteiger partial charge in [-0.1, -0.05) is 17.7 Å². The molecule has 0 aliphatic rings. The molecular weight excluding hydrogens is 266 g/mol. The number of anilines is 1. The van der Waals surface area contributed by atoms with Crippen LogP contribution in [0.15, 0.2) is 36.5 Å². The second-order valence-electron chi connectivity index (χ2n) is 3.83. The lowest BCUT2D eigenvalue weighted by Gasteiger charge is -2.05. The molecule has 1 aromatic carbocycles. The fraction of sp³-hybridized carbons (Fsp3) is 0. The molecule has 2 N–H and O–H groups in total. The standard InChI is InChI=1S/C12H8ClN5O/c13-11-5-4-10(17-18-11)12(19)15-8-2-1-3-9-7(8)6-14-16-9/h1-6H,(H,14,16)(H,15,19). The van der Waals surface area contributed by atoms with Crippen molar-refractivity contribution >= 4 is 34.1 Å². The largest absolute Gasteiger partial charge is 0.320 e. The maximum Gasteiger partial charge on any atom is 0.276 e. The van der Waals surface area contributed by atoms with Gasteiger partial charge in [-0.25, -0.2) is 0 Å². The second-order valence-corrected chi connectivity index (χ2v) is 4.22. The predicted octanol–water partition coefficient (Wildman–Crippen LogP) is 2.26. The summed E-state index contributed by atoms with van der Waals surface area (Å²) < 4.78 is 0. The molecule has 0 bridgehead atoms. The molecule has 0 spiro atoms. The van der Waals surface area contributed by atoms with E-state index in [9.17, 15) is 4.79 Å². The first-order chi connectivity index (χ1) is 9.24. The van der Waals surface area contributed by atoms with Crippen LogP contribution >= 0.6 is 11.6 Å². The minimum absolute atomic E-state index is 0.199. The third-order valence-electron chi connectivity index (χ3n) is 2.60. The fourth-order valence-electron chi connectivity index (χ4n) is 1.70. The van der Waals surface area contributed by atoms with Crippen LogP contribution in [0.3, 0.4) is 0 Å². The number of hydrogen-bond donors (Lipinski definition) is 2. The van der Waals surface area contributed by atoms with Gasteiger partial charge in [0.1, 0.15) is 0 Å². The van der Waals surface area contributed by atoms with E-state index in [-0.39, 0.29) is 16.8 Å². The van der Waals surface area contributed by atoms with Crippen LogP contribution in [0.1, 0.15) is 10.5 Å². The van der Waals surface area contributed by atoms with E-state index < -0.39 is 0 Å². The van der Waals surface area contributed by atoms with Gasteiger partial charge in [0.05, 0.1) is 17.4 Å². The molecule has 0 atom stereocenters. The van der Waals surface area contributed by atoms with E-state index in [1.807, 2.05) is 12.1 Å². The quantitative estimate of drug-likeness (QED) is 0.750. The predicted molar refractivity (Wildman–Crippen MR) is 71.1 cm³/mol. The summed E-state index contributed by atoms with van der Waals surface area (Å²) in [6.45, 7) is 0. The summed E-state index contributed by atoms with van der Waals surface area (Å²) in [6, 6.07) is 8.52. The number of aromatic nitrogens is 4. The molecule has 0 saturated heterocycles. The Morgan fingerprint density at radius 2 is 2.11 bits per heavy atom. The summed E-state index contributed by atoms with van der Waals surface area (Å²) in [5.74, 6) is -0.349. The number of aromatic amines is 1. The maximum atomic E-state index is 12.0. The average molecular weight is 274 g/mol. The molecule has 0 aliphatic carbocycles. The van der Waals surface area contributed by atoms with Gasteiger partial charge >= 0.3 is 0 Å². The number of carbonyl (C=O) groups is 1. The number of amides is 1. The normalized spacial score (nSPS) is 10.6. The van der Waals surface area contributed by atoms with Gasteiger partial charge in [0, 0.05) is 5.39 Å². The molecule has 2 heterocycles. The molecule has 0 radical (unpaired) electrons. The molecule has 1 amide bonds. The van der Waals surface area contributed by atoms with Gasteiger partial charge in [0.25, 0.3) is 5.91 Å². The highest BCUT2D eigenvalue weighted by atomic mass is 35.5. The number of carbonyl (C=O) groups excluding carboxylic acids is 1. The molecule has 3 rings (SSSR count). The van der Waals surface area contributed by atoms with Gasteiger partial charge in [-0.2, -0.15) is 5.10 Å². The molecule has 7 heteroatoms. The Hall–Kier alpha value is -2.47. The highest BCUT2D eigenvalue weighted by molar-refractivity contribution is 6.29. The van der Waals surface area contributed by atoms with Crippen molar-refractivity contribution in [2.24, 2.45) is 0 Å². The summed E-state index contributed by atoms with van der Waals surface area (Å²) in [6.07, 6.45) is 1.65. The molecule has 0 unspecified atom stereocenters. The Morgan fingerprint density at radius 3 is 2.89 bits per heavy atom. The maximum absolute atomic E-state index is 12.0. The number of benzene rings is 1. The first-order valence-electron chi connectivity index (χ1n) is 5.47. The van der Waals surface area contributed by atoms with E-state index in [0.717, 1.165) is 10.9 Å². The first-order valence-corrected chi connectivity index (χ1v) is 5.84. The number of fused-ring (bicyclic) bond motifs is 1. The van der Waals surface area contributed by atoms with Gasteiger partial charge in [-0.15, -0.1) is 10.2 Å². The molecule has 3 aromatic rings. The van der Waals surface area contributed by atoms with Crippen LogP contribution in [-0.4, -0.2) is 26.3 Å². The van der Waals surface area contributed by atoms with Crippen LogP contribution in [0.2, 0.25) is 5.15 Å². The summed E-state index contributed by atoms with van der Waals surface area (Å²) in [5.41, 5.74) is 1.71. The zero-order chi connectivity index (χ0) is 13.2. The molecule has 6 nitrogen and oxygen atoms in total. The Kier molecular flexibility index (Phi) is 2.85. The average Bonchev–Trinajstić information content (AvgIpc) is 2.89. The van der Waals surface area contributed by atoms with Crippen molar-refractivity contribution < 1.29 is 4.79 Å². The summed E-state index contributed by atoms with van der Waals surface area (Å²) >= 11 is 5.62. The van der Waals surface area contributed by atoms with Gasteiger partial charge in [-0.3, -0.25) is 9.89 Å². The lowest BCUT2D eigenvalue weighted by molar-refractivity contribution is 0.102. The van der Waals surface area contributed by atoms with Crippen molar-refractivity contribution in [2.75, 3.05) is 5.32 Å². The van der Waals surface area contributed by atoms with Crippen molar-refractivity contribution in [1.29, 1.82) is 0 Å². The van der Waals surface area contributed by atoms with Crippen molar-refractivity contribution in [1.82, 2.24) is 20.4 Å². The van der Waals surface area contributed by atoms with Crippen molar-refractivity contribution in [3.8, 4) is 0 Å². The Morgan fingerprint density at radius 1 is 1.21 bits per heavy atom. The van der Waals surface area contributed by atoms with Crippen LogP contribution in [0.25, 0.3) is 10.9 Å². The van der Waals surface area contributed by atoms with E-state index in [4.69, 9.17) is 11.6 Å². The van der Waals surface area contributed by atoms with E-state index >= 15 is 0 Å². The van der Waals surface area contributed by atoms with Gasteiger partial charge < -0.3 is 5.32 Å². The number of rotatable bonds is 2. The van der Waals surface area contributed by atoms with E-state index in [1.165, 1.54) is 12.1 Å². The van der Waals surface area contributed by atoms with E-state index in [0.29, 0.717) is 5.69 Å². The Balaban J connectivity index is 1.90. The minimum Gasteiger partial charge on any atom is -0.320 e. The van der Waals surface area contributed by atoms with Crippen LogP contribution in [-0.2, 0) is 0 Å². The number of hydrogen-bond acceptors (Lipinski definition) is 4. The number of nitrogens with one attached hydrogen (secondary N) is 2. The monoisotopic (exact) mass is 273 g/mol. The van der Waals surface area contributed by atoms with Gasteiger partial charge in [0.15, 0.2) is 10.8 Å². The number of nitrogens with zero attached hydrogens (tertiary/aromatic N) is 3. The van der Waals surface area contributed by atoms with E-state index in [1.54, 1.807) is 12.3 Å². The number of halogens is 1. The highest BCUT2D eigenvalue weighted by Gasteiger charge is 2.10. The third-order valence-corrected chi connectivity index (χ3v) is 2.80. The van der Waals surface area contributed by atoms with Crippen LogP contribution in [0.5, 0.6) is 0 Å². The SMILES string of the molecule is O=C(Nc1cccc2[nH]ncc12)c1ccc(Cl)nn1. The van der Waals surface area contributed by atoms with Crippen molar-refractivity contribution in [3.05, 3.63) is 47.4 Å². The molecule has 0 saturated carbocycles. The Labute approximate surface area is 112 Å². The Bertz CT molecular complexity index is 737. The van der Waals surface area contributed by atoms with Crippen LogP contribution in [0.4, 0.5) is 5.69 Å². The van der Waals surface area contributed by atoms with Crippen LogP contribution < -0.4 is 5.32 Å². The lowest BCUT2D eigenvalue weighted by atomic mass is 10.2. The van der Waals surface area contributed by atoms with Crippen LogP contribution in [0, 0.1) is 0 Å². The topological polar surface area (TPSA) is 83.6 Å². The smallest absolute Gasteiger partial charge is 0.276 e. The number of H-pyrrole nitrogens is 1. The van der Waals surface area contributed by atoms with Crippen molar-refractivity contribution in [2.45, 2.75) is 0 Å². The second kappa shape index (κ2) is 4.66. The first kappa shape index (κ1) is 11.6. The molecule has 0 fully saturated rings. The lowest BCUT2D eigenvalue weighted by Crippen LogP contribution is -2.14.